The molecule has 0 spiro atoms. The SMILES string of the molecule is CC(C)n1cc(CN2CCN(S(=O)(=O)c3cccnc3)CC2)cn1. The fourth-order valence-corrected chi connectivity index (χ4v) is 4.16. The number of aromatic nitrogens is 3. The lowest BCUT2D eigenvalue weighted by Gasteiger charge is -2.33. The van der Waals surface area contributed by atoms with Crippen LogP contribution in [0.25, 0.3) is 0 Å². The summed E-state index contributed by atoms with van der Waals surface area (Å²) in [4.78, 5) is 6.43. The van der Waals surface area contributed by atoms with Gasteiger partial charge in [0, 0.05) is 62.9 Å². The maximum atomic E-state index is 12.6. The molecule has 2 aromatic rings. The first-order valence-electron chi connectivity index (χ1n) is 8.12. The van der Waals surface area contributed by atoms with E-state index in [0.717, 1.165) is 12.1 Å². The summed E-state index contributed by atoms with van der Waals surface area (Å²) in [6.07, 6.45) is 6.93. The van der Waals surface area contributed by atoms with E-state index < -0.39 is 10.0 Å². The van der Waals surface area contributed by atoms with Gasteiger partial charge in [-0.25, -0.2) is 8.42 Å². The average molecular weight is 349 g/mol. The largest absolute Gasteiger partial charge is 0.296 e. The van der Waals surface area contributed by atoms with Crippen molar-refractivity contribution in [3.05, 3.63) is 42.5 Å². The molecule has 2 aromatic heterocycles. The van der Waals surface area contributed by atoms with Gasteiger partial charge in [0.15, 0.2) is 0 Å². The predicted molar refractivity (Wildman–Crippen MR) is 90.9 cm³/mol. The molecule has 130 valence electrons. The molecule has 0 N–H and O–H groups in total. The average Bonchev–Trinajstić information content (AvgIpc) is 3.05. The molecule has 0 radical (unpaired) electrons. The minimum atomic E-state index is -3.44. The lowest BCUT2D eigenvalue weighted by molar-refractivity contribution is 0.181. The molecule has 0 atom stereocenters. The molecule has 8 heteroatoms. The second-order valence-corrected chi connectivity index (χ2v) is 8.23. The van der Waals surface area contributed by atoms with E-state index in [1.54, 1.807) is 18.3 Å². The minimum absolute atomic E-state index is 0.261. The molecule has 1 fully saturated rings. The summed E-state index contributed by atoms with van der Waals surface area (Å²) >= 11 is 0. The van der Waals surface area contributed by atoms with Crippen LogP contribution in [0.15, 0.2) is 41.8 Å². The van der Waals surface area contributed by atoms with Crippen molar-refractivity contribution in [1.82, 2.24) is 24.0 Å². The summed E-state index contributed by atoms with van der Waals surface area (Å²) < 4.78 is 28.7. The second kappa shape index (κ2) is 7.00. The van der Waals surface area contributed by atoms with Gasteiger partial charge >= 0.3 is 0 Å². The van der Waals surface area contributed by atoms with Gasteiger partial charge in [-0.15, -0.1) is 0 Å². The molecule has 24 heavy (non-hydrogen) atoms. The monoisotopic (exact) mass is 349 g/mol. The zero-order chi connectivity index (χ0) is 17.2. The summed E-state index contributed by atoms with van der Waals surface area (Å²) in [5, 5.41) is 4.35. The van der Waals surface area contributed by atoms with Crippen LogP contribution in [0.4, 0.5) is 0 Å². The zero-order valence-electron chi connectivity index (χ0n) is 14.0. The highest BCUT2D eigenvalue weighted by Crippen LogP contribution is 2.17. The maximum Gasteiger partial charge on any atom is 0.244 e. The Labute approximate surface area is 143 Å². The number of sulfonamides is 1. The molecule has 1 saturated heterocycles. The highest BCUT2D eigenvalue weighted by atomic mass is 32.2. The Morgan fingerprint density at radius 2 is 1.92 bits per heavy atom. The van der Waals surface area contributed by atoms with E-state index in [2.05, 4.69) is 35.0 Å². The fraction of sp³-hybridized carbons (Fsp3) is 0.500. The van der Waals surface area contributed by atoms with Gasteiger partial charge in [0.25, 0.3) is 0 Å². The Hall–Kier alpha value is -1.77. The first kappa shape index (κ1) is 17.1. The lowest BCUT2D eigenvalue weighted by Crippen LogP contribution is -2.48. The van der Waals surface area contributed by atoms with Crippen LogP contribution < -0.4 is 0 Å². The van der Waals surface area contributed by atoms with E-state index in [1.807, 2.05) is 10.9 Å². The number of pyridine rings is 1. The molecule has 0 aromatic carbocycles. The molecular weight excluding hydrogens is 326 g/mol. The maximum absolute atomic E-state index is 12.6. The smallest absolute Gasteiger partial charge is 0.244 e. The van der Waals surface area contributed by atoms with Crippen LogP contribution in [0.3, 0.4) is 0 Å². The molecule has 3 rings (SSSR count). The van der Waals surface area contributed by atoms with Crippen molar-refractivity contribution in [1.29, 1.82) is 0 Å². The molecule has 3 heterocycles. The molecule has 1 aliphatic heterocycles. The van der Waals surface area contributed by atoms with Crippen molar-refractivity contribution in [2.24, 2.45) is 0 Å². The first-order valence-corrected chi connectivity index (χ1v) is 9.56. The summed E-state index contributed by atoms with van der Waals surface area (Å²) in [6, 6.07) is 3.59. The van der Waals surface area contributed by atoms with Gasteiger partial charge in [0.05, 0.1) is 6.20 Å². The van der Waals surface area contributed by atoms with Gasteiger partial charge < -0.3 is 0 Å². The highest BCUT2D eigenvalue weighted by Gasteiger charge is 2.28. The third kappa shape index (κ3) is 3.66. The Morgan fingerprint density at radius 1 is 1.17 bits per heavy atom. The van der Waals surface area contributed by atoms with Crippen LogP contribution in [0.5, 0.6) is 0 Å². The summed E-state index contributed by atoms with van der Waals surface area (Å²) in [5.74, 6) is 0. The van der Waals surface area contributed by atoms with Gasteiger partial charge in [0.2, 0.25) is 10.0 Å². The van der Waals surface area contributed by atoms with E-state index in [4.69, 9.17) is 0 Å². The van der Waals surface area contributed by atoms with Crippen LogP contribution >= 0.6 is 0 Å². The van der Waals surface area contributed by atoms with Crippen molar-refractivity contribution in [2.45, 2.75) is 31.3 Å². The summed E-state index contributed by atoms with van der Waals surface area (Å²) in [6.45, 7) is 7.41. The quantitative estimate of drug-likeness (QED) is 0.815. The topological polar surface area (TPSA) is 71.3 Å². The van der Waals surface area contributed by atoms with Crippen molar-refractivity contribution < 1.29 is 8.42 Å². The molecule has 7 nitrogen and oxygen atoms in total. The fourth-order valence-electron chi connectivity index (χ4n) is 2.78. The molecule has 0 saturated carbocycles. The minimum Gasteiger partial charge on any atom is -0.296 e. The highest BCUT2D eigenvalue weighted by molar-refractivity contribution is 7.89. The van der Waals surface area contributed by atoms with Gasteiger partial charge in [-0.05, 0) is 26.0 Å². The Morgan fingerprint density at radius 3 is 2.50 bits per heavy atom. The van der Waals surface area contributed by atoms with Crippen LogP contribution in [-0.4, -0.2) is 58.6 Å². The van der Waals surface area contributed by atoms with E-state index in [1.165, 1.54) is 10.5 Å². The predicted octanol–water partition coefficient (Wildman–Crippen LogP) is 1.37. The van der Waals surface area contributed by atoms with Gasteiger partial charge in [-0.2, -0.15) is 9.40 Å². The van der Waals surface area contributed by atoms with E-state index in [-0.39, 0.29) is 4.90 Å². The first-order chi connectivity index (χ1) is 11.5. The third-order valence-electron chi connectivity index (χ3n) is 4.19. The summed E-state index contributed by atoms with van der Waals surface area (Å²) in [5.41, 5.74) is 1.16. The van der Waals surface area contributed by atoms with Crippen molar-refractivity contribution in [3.8, 4) is 0 Å². The number of piperazine rings is 1. The molecule has 0 amide bonds. The number of nitrogens with zero attached hydrogens (tertiary/aromatic N) is 5. The van der Waals surface area contributed by atoms with E-state index in [9.17, 15) is 8.42 Å². The standard InChI is InChI=1S/C16H23N5O2S/c1-14(2)21-13-15(10-18-21)12-19-6-8-20(9-7-19)24(22,23)16-4-3-5-17-11-16/h3-5,10-11,13-14H,6-9,12H2,1-2H3. The van der Waals surface area contributed by atoms with E-state index >= 15 is 0 Å². The van der Waals surface area contributed by atoms with Crippen LogP contribution in [0.2, 0.25) is 0 Å². The lowest BCUT2D eigenvalue weighted by atomic mass is 10.3. The number of hydrogen-bond donors (Lipinski definition) is 0. The molecule has 0 bridgehead atoms. The Kier molecular flexibility index (Phi) is 4.98. The molecule has 0 aliphatic carbocycles. The van der Waals surface area contributed by atoms with Gasteiger partial charge in [-0.3, -0.25) is 14.6 Å². The van der Waals surface area contributed by atoms with Gasteiger partial charge in [0.1, 0.15) is 4.90 Å². The normalized spacial score (nSPS) is 17.5. The second-order valence-electron chi connectivity index (χ2n) is 6.29. The Balaban J connectivity index is 1.59. The molecule has 0 unspecified atom stereocenters. The van der Waals surface area contributed by atoms with Crippen LogP contribution in [0, 0.1) is 0 Å². The van der Waals surface area contributed by atoms with E-state index in [0.29, 0.717) is 32.2 Å². The van der Waals surface area contributed by atoms with Crippen LogP contribution in [0.1, 0.15) is 25.5 Å². The van der Waals surface area contributed by atoms with Crippen molar-refractivity contribution in [2.75, 3.05) is 26.2 Å². The molecule has 1 aliphatic rings. The van der Waals surface area contributed by atoms with Crippen molar-refractivity contribution in [3.63, 3.8) is 0 Å². The van der Waals surface area contributed by atoms with Crippen LogP contribution in [-0.2, 0) is 16.6 Å². The number of hydrogen-bond acceptors (Lipinski definition) is 5. The zero-order valence-corrected chi connectivity index (χ0v) is 14.9. The third-order valence-corrected chi connectivity index (χ3v) is 6.08. The Bertz CT molecular complexity index is 765. The van der Waals surface area contributed by atoms with Crippen molar-refractivity contribution >= 4 is 10.0 Å². The summed E-state index contributed by atoms with van der Waals surface area (Å²) in [7, 11) is -3.44. The number of rotatable bonds is 5. The molecular formula is C16H23N5O2S. The van der Waals surface area contributed by atoms with Gasteiger partial charge in [-0.1, -0.05) is 0 Å².